The van der Waals surface area contributed by atoms with Crippen molar-refractivity contribution in [3.63, 3.8) is 0 Å². The normalized spacial score (nSPS) is 16.3. The predicted molar refractivity (Wildman–Crippen MR) is 74.1 cm³/mol. The minimum absolute atomic E-state index is 0.213. The van der Waals surface area contributed by atoms with Gasteiger partial charge in [-0.05, 0) is 31.0 Å². The van der Waals surface area contributed by atoms with Crippen LogP contribution in [0.2, 0.25) is 0 Å². The fourth-order valence-electron chi connectivity index (χ4n) is 2.48. The fraction of sp³-hybridized carbons (Fsp3) is 0.467. The first-order chi connectivity index (χ1) is 10.8. The molecule has 0 bridgehead atoms. The minimum atomic E-state index is -4.44. The van der Waals surface area contributed by atoms with Gasteiger partial charge in [0.25, 0.3) is 5.91 Å². The maximum absolute atomic E-state index is 13.1. The number of nitrogens with zero attached hydrogens (tertiary/aromatic N) is 1. The number of hydrogen-bond donors (Lipinski definition) is 1. The second kappa shape index (κ2) is 6.97. The maximum atomic E-state index is 13.1. The van der Waals surface area contributed by atoms with Crippen LogP contribution in [0.4, 0.5) is 17.6 Å². The van der Waals surface area contributed by atoms with Crippen molar-refractivity contribution >= 4 is 11.8 Å². The topological polar surface area (TPSA) is 49.4 Å². The Kier molecular flexibility index (Phi) is 5.23. The average molecular weight is 332 g/mol. The number of carbonyl (C=O) groups excluding carboxylic acids is 2. The van der Waals surface area contributed by atoms with Crippen LogP contribution >= 0.6 is 0 Å². The smallest absolute Gasteiger partial charge is 0.347 e. The standard InChI is InChI=1S/C15H16F4N2O2/c16-12-3-1-2-11(8-12)14(23)21-6-4-10(5-7-21)13(22)20-9-15(17,18)19/h1-3,8,10H,4-7,9H2,(H,20,22). The highest BCUT2D eigenvalue weighted by molar-refractivity contribution is 5.94. The average Bonchev–Trinajstić information content (AvgIpc) is 2.51. The third kappa shape index (κ3) is 4.94. The summed E-state index contributed by atoms with van der Waals surface area (Å²) in [5, 5.41) is 1.86. The molecule has 1 heterocycles. The van der Waals surface area contributed by atoms with Crippen molar-refractivity contribution in [1.29, 1.82) is 0 Å². The van der Waals surface area contributed by atoms with Crippen molar-refractivity contribution in [3.8, 4) is 0 Å². The van der Waals surface area contributed by atoms with E-state index in [4.69, 9.17) is 0 Å². The van der Waals surface area contributed by atoms with Gasteiger partial charge in [-0.2, -0.15) is 13.2 Å². The molecule has 8 heteroatoms. The van der Waals surface area contributed by atoms with Crippen LogP contribution in [-0.2, 0) is 4.79 Å². The summed E-state index contributed by atoms with van der Waals surface area (Å²) in [5.74, 6) is -2.06. The first-order valence-electron chi connectivity index (χ1n) is 7.15. The van der Waals surface area contributed by atoms with Crippen LogP contribution in [0.5, 0.6) is 0 Å². The minimum Gasteiger partial charge on any atom is -0.347 e. The van der Waals surface area contributed by atoms with Gasteiger partial charge < -0.3 is 10.2 Å². The van der Waals surface area contributed by atoms with Crippen LogP contribution in [0.15, 0.2) is 24.3 Å². The van der Waals surface area contributed by atoms with E-state index < -0.39 is 30.4 Å². The second-order valence-electron chi connectivity index (χ2n) is 5.41. The number of carbonyl (C=O) groups is 2. The monoisotopic (exact) mass is 332 g/mol. The van der Waals surface area contributed by atoms with E-state index in [1.807, 2.05) is 5.32 Å². The van der Waals surface area contributed by atoms with Gasteiger partial charge in [0.2, 0.25) is 5.91 Å². The highest BCUT2D eigenvalue weighted by atomic mass is 19.4. The number of rotatable bonds is 3. The van der Waals surface area contributed by atoms with Crippen LogP contribution in [0, 0.1) is 11.7 Å². The van der Waals surface area contributed by atoms with E-state index in [0.29, 0.717) is 0 Å². The molecule has 1 saturated heterocycles. The van der Waals surface area contributed by atoms with Crippen molar-refractivity contribution in [2.75, 3.05) is 19.6 Å². The van der Waals surface area contributed by atoms with Gasteiger partial charge in [0, 0.05) is 24.6 Å². The first-order valence-corrected chi connectivity index (χ1v) is 7.15. The number of likely N-dealkylation sites (tertiary alicyclic amines) is 1. The quantitative estimate of drug-likeness (QED) is 0.864. The van der Waals surface area contributed by atoms with Crippen molar-refractivity contribution < 1.29 is 27.2 Å². The molecular weight excluding hydrogens is 316 g/mol. The molecule has 0 saturated carbocycles. The number of halogens is 4. The van der Waals surface area contributed by atoms with E-state index in [9.17, 15) is 27.2 Å². The Balaban J connectivity index is 1.86. The summed E-state index contributed by atoms with van der Waals surface area (Å²) in [5.41, 5.74) is 0.213. The van der Waals surface area contributed by atoms with Gasteiger partial charge in [0.05, 0.1) is 0 Å². The lowest BCUT2D eigenvalue weighted by Crippen LogP contribution is -2.44. The Morgan fingerprint density at radius 2 is 1.87 bits per heavy atom. The van der Waals surface area contributed by atoms with Gasteiger partial charge in [-0.15, -0.1) is 0 Å². The summed E-state index contributed by atoms with van der Waals surface area (Å²) < 4.78 is 49.3. The number of piperidine rings is 1. The summed E-state index contributed by atoms with van der Waals surface area (Å²) >= 11 is 0. The molecule has 1 aromatic rings. The highest BCUT2D eigenvalue weighted by Gasteiger charge is 2.32. The number of hydrogen-bond acceptors (Lipinski definition) is 2. The number of benzene rings is 1. The molecule has 0 unspecified atom stereocenters. The van der Waals surface area contributed by atoms with Gasteiger partial charge in [-0.25, -0.2) is 4.39 Å². The van der Waals surface area contributed by atoms with E-state index in [-0.39, 0.29) is 37.4 Å². The molecule has 126 valence electrons. The Morgan fingerprint density at radius 3 is 2.43 bits per heavy atom. The van der Waals surface area contributed by atoms with Crippen molar-refractivity contribution in [2.24, 2.45) is 5.92 Å². The molecule has 1 aliphatic rings. The first kappa shape index (κ1) is 17.2. The SMILES string of the molecule is O=C(NCC(F)(F)F)C1CCN(C(=O)c2cccc(F)c2)CC1. The van der Waals surface area contributed by atoms with Crippen LogP contribution in [0.3, 0.4) is 0 Å². The molecule has 0 spiro atoms. The van der Waals surface area contributed by atoms with Crippen LogP contribution < -0.4 is 5.32 Å². The molecule has 0 aromatic heterocycles. The zero-order chi connectivity index (χ0) is 17.0. The van der Waals surface area contributed by atoms with E-state index in [0.717, 1.165) is 6.07 Å². The van der Waals surface area contributed by atoms with Crippen LogP contribution in [0.25, 0.3) is 0 Å². The molecule has 0 aliphatic carbocycles. The van der Waals surface area contributed by atoms with Gasteiger partial charge >= 0.3 is 6.18 Å². The largest absolute Gasteiger partial charge is 0.405 e. The van der Waals surface area contributed by atoms with E-state index >= 15 is 0 Å². The molecule has 1 N–H and O–H groups in total. The Labute approximate surface area is 130 Å². The summed E-state index contributed by atoms with van der Waals surface area (Å²) in [6.45, 7) is -0.854. The van der Waals surface area contributed by atoms with Crippen molar-refractivity contribution in [1.82, 2.24) is 10.2 Å². The maximum Gasteiger partial charge on any atom is 0.405 e. The van der Waals surface area contributed by atoms with E-state index in [1.54, 1.807) is 0 Å². The number of nitrogens with one attached hydrogen (secondary N) is 1. The fourth-order valence-corrected chi connectivity index (χ4v) is 2.48. The molecule has 2 amide bonds. The third-order valence-corrected chi connectivity index (χ3v) is 3.69. The van der Waals surface area contributed by atoms with E-state index in [1.165, 1.54) is 23.1 Å². The number of amides is 2. The summed E-state index contributed by atoms with van der Waals surface area (Å²) in [6, 6.07) is 5.28. The zero-order valence-electron chi connectivity index (χ0n) is 12.2. The summed E-state index contributed by atoms with van der Waals surface area (Å²) in [7, 11) is 0. The summed E-state index contributed by atoms with van der Waals surface area (Å²) in [4.78, 5) is 25.3. The third-order valence-electron chi connectivity index (χ3n) is 3.69. The predicted octanol–water partition coefficient (Wildman–Crippen LogP) is 2.36. The molecule has 4 nitrogen and oxygen atoms in total. The Hall–Kier alpha value is -2.12. The molecule has 0 radical (unpaired) electrons. The molecule has 1 fully saturated rings. The van der Waals surface area contributed by atoms with Gasteiger partial charge in [0.15, 0.2) is 0 Å². The Morgan fingerprint density at radius 1 is 1.22 bits per heavy atom. The lowest BCUT2D eigenvalue weighted by Gasteiger charge is -2.31. The zero-order valence-corrected chi connectivity index (χ0v) is 12.2. The summed E-state index contributed by atoms with van der Waals surface area (Å²) in [6.07, 6.45) is -3.88. The number of alkyl halides is 3. The second-order valence-corrected chi connectivity index (χ2v) is 5.41. The lowest BCUT2D eigenvalue weighted by molar-refractivity contribution is -0.141. The van der Waals surface area contributed by atoms with Crippen molar-refractivity contribution in [2.45, 2.75) is 19.0 Å². The molecular formula is C15H16F4N2O2. The highest BCUT2D eigenvalue weighted by Crippen LogP contribution is 2.20. The van der Waals surface area contributed by atoms with E-state index in [2.05, 4.69) is 0 Å². The molecule has 0 atom stereocenters. The lowest BCUT2D eigenvalue weighted by atomic mass is 9.95. The molecule has 1 aromatic carbocycles. The van der Waals surface area contributed by atoms with Gasteiger partial charge in [0.1, 0.15) is 12.4 Å². The molecule has 1 aliphatic heterocycles. The van der Waals surface area contributed by atoms with Crippen molar-refractivity contribution in [3.05, 3.63) is 35.6 Å². The van der Waals surface area contributed by atoms with Gasteiger partial charge in [-0.1, -0.05) is 6.07 Å². The Bertz CT molecular complexity index is 581. The van der Waals surface area contributed by atoms with Crippen LogP contribution in [0.1, 0.15) is 23.2 Å². The van der Waals surface area contributed by atoms with Gasteiger partial charge in [-0.3, -0.25) is 9.59 Å². The van der Waals surface area contributed by atoms with Crippen LogP contribution in [-0.4, -0.2) is 42.5 Å². The molecule has 2 rings (SSSR count). The molecule has 23 heavy (non-hydrogen) atoms.